The minimum absolute atomic E-state index is 0.0532. The van der Waals surface area contributed by atoms with Crippen molar-refractivity contribution < 1.29 is 9.59 Å². The highest BCUT2D eigenvalue weighted by atomic mass is 32.1. The average molecular weight is 433 g/mol. The van der Waals surface area contributed by atoms with E-state index >= 15 is 0 Å². The molecule has 1 aromatic rings. The Morgan fingerprint density at radius 2 is 1.67 bits per heavy atom. The average Bonchev–Trinajstić information content (AvgIpc) is 2.72. The number of amides is 2. The lowest BCUT2D eigenvalue weighted by Crippen LogP contribution is -2.53. The first-order chi connectivity index (χ1) is 14.4. The summed E-state index contributed by atoms with van der Waals surface area (Å²) in [6.07, 6.45) is 11.1. The molecule has 0 saturated carbocycles. The molecule has 4 nitrogen and oxygen atoms in total. The van der Waals surface area contributed by atoms with Gasteiger partial charge in [0.05, 0.1) is 4.75 Å². The lowest BCUT2D eigenvalue weighted by molar-refractivity contribution is -0.130. The van der Waals surface area contributed by atoms with Crippen LogP contribution in [0.3, 0.4) is 0 Å². The van der Waals surface area contributed by atoms with Crippen LogP contribution in [-0.2, 0) is 16.0 Å². The smallest absolute Gasteiger partial charge is 0.242 e. The summed E-state index contributed by atoms with van der Waals surface area (Å²) in [6.45, 7) is 4.90. The highest BCUT2D eigenvalue weighted by Crippen LogP contribution is 2.29. The van der Waals surface area contributed by atoms with Gasteiger partial charge in [0, 0.05) is 6.54 Å². The van der Waals surface area contributed by atoms with E-state index in [2.05, 4.69) is 24.5 Å². The number of benzene rings is 1. The predicted octanol–water partition coefficient (Wildman–Crippen LogP) is 5.07. The first-order valence-corrected chi connectivity index (χ1v) is 12.2. The summed E-state index contributed by atoms with van der Waals surface area (Å²) in [5, 5.41) is 6.11. The zero-order valence-electron chi connectivity index (χ0n) is 18.8. The third-order valence-corrected chi connectivity index (χ3v) is 6.39. The maximum absolute atomic E-state index is 13.4. The Bertz CT molecular complexity index is 650. The maximum atomic E-state index is 13.4. The fraction of sp³-hybridized carbons (Fsp3) is 0.680. The van der Waals surface area contributed by atoms with E-state index in [4.69, 9.17) is 12.6 Å². The third kappa shape index (κ3) is 8.71. The van der Waals surface area contributed by atoms with Crippen molar-refractivity contribution in [2.24, 2.45) is 5.92 Å². The lowest BCUT2D eigenvalue weighted by atomic mass is 9.88. The van der Waals surface area contributed by atoms with Gasteiger partial charge < -0.3 is 10.6 Å². The Labute approximate surface area is 188 Å². The SMILES string of the molecule is CC(C)CC(S)(Cc1ccccc1)C(=O)NC1CCCCCCCCCCNC1=O. The molecule has 1 aliphatic rings. The van der Waals surface area contributed by atoms with Gasteiger partial charge in [0.15, 0.2) is 0 Å². The first kappa shape index (κ1) is 24.8. The van der Waals surface area contributed by atoms with Crippen molar-refractivity contribution in [3.05, 3.63) is 35.9 Å². The van der Waals surface area contributed by atoms with Gasteiger partial charge in [-0.15, -0.1) is 0 Å². The third-order valence-electron chi connectivity index (χ3n) is 5.85. The van der Waals surface area contributed by atoms with Crippen molar-refractivity contribution >= 4 is 24.4 Å². The van der Waals surface area contributed by atoms with E-state index in [1.165, 1.54) is 25.7 Å². The molecule has 5 heteroatoms. The zero-order valence-corrected chi connectivity index (χ0v) is 19.7. The van der Waals surface area contributed by atoms with Crippen molar-refractivity contribution in [3.63, 3.8) is 0 Å². The molecular formula is C25H40N2O2S. The van der Waals surface area contributed by atoms with E-state index in [0.717, 1.165) is 31.2 Å². The Balaban J connectivity index is 2.09. The van der Waals surface area contributed by atoms with Gasteiger partial charge >= 0.3 is 0 Å². The normalized spacial score (nSPS) is 21.5. The van der Waals surface area contributed by atoms with Gasteiger partial charge in [-0.1, -0.05) is 89.1 Å². The van der Waals surface area contributed by atoms with Crippen molar-refractivity contribution in [2.75, 3.05) is 6.54 Å². The second-order valence-electron chi connectivity index (χ2n) is 9.23. The number of thiol groups is 1. The molecule has 168 valence electrons. The van der Waals surface area contributed by atoms with Gasteiger partial charge in [0.2, 0.25) is 11.8 Å². The molecule has 2 amide bonds. The van der Waals surface area contributed by atoms with Crippen molar-refractivity contribution in [1.82, 2.24) is 10.6 Å². The number of nitrogens with one attached hydrogen (secondary N) is 2. The first-order valence-electron chi connectivity index (χ1n) is 11.8. The summed E-state index contributed by atoms with van der Waals surface area (Å²) in [6, 6.07) is 9.53. The standard InChI is InChI=1S/C25H40N2O2S/c1-20(2)18-25(30,19-21-14-10-9-11-15-21)24(29)27-22-16-12-7-5-3-4-6-8-13-17-26-23(22)28/h9-11,14-15,20,22,30H,3-8,12-13,16-19H2,1-2H3,(H,26,28)(H,27,29). The van der Waals surface area contributed by atoms with Crippen LogP contribution in [0.2, 0.25) is 0 Å². The van der Waals surface area contributed by atoms with Crippen molar-refractivity contribution in [3.8, 4) is 0 Å². The number of hydrogen-bond acceptors (Lipinski definition) is 3. The number of carbonyl (C=O) groups excluding carboxylic acids is 2. The fourth-order valence-corrected chi connectivity index (χ4v) is 4.90. The summed E-state index contributed by atoms with van der Waals surface area (Å²) in [4.78, 5) is 26.2. The Kier molecular flexibility index (Phi) is 10.8. The fourth-order valence-electron chi connectivity index (χ4n) is 4.28. The molecule has 2 rings (SSSR count). The Morgan fingerprint density at radius 3 is 2.30 bits per heavy atom. The molecule has 0 aromatic heterocycles. The molecule has 0 bridgehead atoms. The van der Waals surface area contributed by atoms with E-state index in [9.17, 15) is 9.59 Å². The summed E-state index contributed by atoms with van der Waals surface area (Å²) in [5.74, 6) is 0.140. The molecule has 0 radical (unpaired) electrons. The van der Waals surface area contributed by atoms with Gasteiger partial charge in [0.25, 0.3) is 0 Å². The van der Waals surface area contributed by atoms with Crippen molar-refractivity contribution in [2.45, 2.75) is 95.3 Å². The van der Waals surface area contributed by atoms with Crippen LogP contribution >= 0.6 is 12.6 Å². The van der Waals surface area contributed by atoms with Crippen LogP contribution in [0.25, 0.3) is 0 Å². The zero-order chi connectivity index (χ0) is 21.8. The van der Waals surface area contributed by atoms with Crippen LogP contribution in [0.4, 0.5) is 0 Å². The van der Waals surface area contributed by atoms with Gasteiger partial charge in [0.1, 0.15) is 6.04 Å². The second-order valence-corrected chi connectivity index (χ2v) is 10.1. The molecule has 2 N–H and O–H groups in total. The molecule has 0 aliphatic carbocycles. The minimum Gasteiger partial charge on any atom is -0.354 e. The van der Waals surface area contributed by atoms with Crippen LogP contribution in [0.15, 0.2) is 30.3 Å². The Hall–Kier alpha value is -1.49. The van der Waals surface area contributed by atoms with Crippen LogP contribution in [0, 0.1) is 5.92 Å². The summed E-state index contributed by atoms with van der Waals surface area (Å²) in [7, 11) is 0. The maximum Gasteiger partial charge on any atom is 0.242 e. The number of carbonyl (C=O) groups is 2. The Morgan fingerprint density at radius 1 is 1.07 bits per heavy atom. The van der Waals surface area contributed by atoms with Gasteiger partial charge in [-0.2, -0.15) is 12.6 Å². The van der Waals surface area contributed by atoms with E-state index in [1.807, 2.05) is 30.3 Å². The lowest BCUT2D eigenvalue weighted by Gasteiger charge is -2.31. The number of rotatable bonds is 6. The highest BCUT2D eigenvalue weighted by Gasteiger charge is 2.37. The molecule has 30 heavy (non-hydrogen) atoms. The molecule has 1 aromatic carbocycles. The highest BCUT2D eigenvalue weighted by molar-refractivity contribution is 7.82. The van der Waals surface area contributed by atoms with E-state index in [1.54, 1.807) is 0 Å². The molecule has 0 spiro atoms. The minimum atomic E-state index is -0.836. The van der Waals surface area contributed by atoms with Gasteiger partial charge in [-0.25, -0.2) is 0 Å². The number of hydrogen-bond donors (Lipinski definition) is 3. The summed E-state index contributed by atoms with van der Waals surface area (Å²) >= 11 is 4.88. The largest absolute Gasteiger partial charge is 0.354 e. The van der Waals surface area contributed by atoms with Crippen LogP contribution < -0.4 is 10.6 Å². The molecule has 2 unspecified atom stereocenters. The molecule has 2 atom stereocenters. The van der Waals surface area contributed by atoms with Crippen LogP contribution in [-0.4, -0.2) is 29.1 Å². The van der Waals surface area contributed by atoms with E-state index in [-0.39, 0.29) is 11.8 Å². The van der Waals surface area contributed by atoms with Crippen LogP contribution in [0.1, 0.15) is 83.6 Å². The quantitative estimate of drug-likeness (QED) is 0.550. The molecule has 1 saturated heterocycles. The molecule has 1 fully saturated rings. The monoisotopic (exact) mass is 432 g/mol. The second kappa shape index (κ2) is 13.0. The van der Waals surface area contributed by atoms with E-state index in [0.29, 0.717) is 31.7 Å². The molecular weight excluding hydrogens is 392 g/mol. The van der Waals surface area contributed by atoms with Crippen molar-refractivity contribution in [1.29, 1.82) is 0 Å². The van der Waals surface area contributed by atoms with Gasteiger partial charge in [-0.05, 0) is 37.2 Å². The predicted molar refractivity (Wildman–Crippen MR) is 128 cm³/mol. The summed E-state index contributed by atoms with van der Waals surface area (Å²) < 4.78 is -0.836. The van der Waals surface area contributed by atoms with Crippen LogP contribution in [0.5, 0.6) is 0 Å². The van der Waals surface area contributed by atoms with E-state index < -0.39 is 10.8 Å². The van der Waals surface area contributed by atoms with Gasteiger partial charge in [-0.3, -0.25) is 9.59 Å². The summed E-state index contributed by atoms with van der Waals surface area (Å²) in [5.41, 5.74) is 1.09. The molecule has 1 heterocycles. The molecule has 1 aliphatic heterocycles. The topological polar surface area (TPSA) is 58.2 Å².